The van der Waals surface area contributed by atoms with Crippen LogP contribution in [0.4, 0.5) is 0 Å². The van der Waals surface area contributed by atoms with Gasteiger partial charge in [0.05, 0.1) is 18.7 Å². The summed E-state index contributed by atoms with van der Waals surface area (Å²) in [6.07, 6.45) is 0. The molecule has 3 aromatic rings. The monoisotopic (exact) mass is 483 g/mol. The van der Waals surface area contributed by atoms with Crippen LogP contribution >= 0.6 is 0 Å². The molecule has 1 atom stereocenters. The van der Waals surface area contributed by atoms with E-state index in [0.717, 1.165) is 27.8 Å². The fourth-order valence-corrected chi connectivity index (χ4v) is 4.57. The lowest BCUT2D eigenvalue weighted by atomic mass is 9.85. The van der Waals surface area contributed by atoms with Gasteiger partial charge in [0.1, 0.15) is 11.5 Å². The van der Waals surface area contributed by atoms with Crippen LogP contribution in [-0.4, -0.2) is 28.8 Å². The van der Waals surface area contributed by atoms with Crippen molar-refractivity contribution in [2.45, 2.75) is 52.6 Å². The molecule has 1 unspecified atom stereocenters. The molecule has 0 saturated carbocycles. The second-order valence-corrected chi connectivity index (χ2v) is 10.4. The first kappa shape index (κ1) is 25.2. The molecule has 36 heavy (non-hydrogen) atoms. The summed E-state index contributed by atoms with van der Waals surface area (Å²) in [7, 11) is 1.59. The summed E-state index contributed by atoms with van der Waals surface area (Å²) < 4.78 is 5.34. The second-order valence-electron chi connectivity index (χ2n) is 10.4. The van der Waals surface area contributed by atoms with Crippen molar-refractivity contribution in [3.8, 4) is 5.75 Å². The number of carbonyl (C=O) groups excluding carboxylic acids is 2. The maximum absolute atomic E-state index is 13.4. The van der Waals surface area contributed by atoms with Gasteiger partial charge in [-0.25, -0.2) is 0 Å². The molecule has 0 aliphatic carbocycles. The molecular formula is C31H33NO4. The van der Waals surface area contributed by atoms with Crippen LogP contribution in [0.2, 0.25) is 0 Å². The third kappa shape index (κ3) is 4.78. The average molecular weight is 484 g/mol. The van der Waals surface area contributed by atoms with Gasteiger partial charge in [0.2, 0.25) is 0 Å². The lowest BCUT2D eigenvalue weighted by Gasteiger charge is -2.27. The molecule has 1 N–H and O–H groups in total. The number of rotatable bonds is 5. The fourth-order valence-electron chi connectivity index (χ4n) is 4.57. The summed E-state index contributed by atoms with van der Waals surface area (Å²) in [5, 5.41) is 11.4. The lowest BCUT2D eigenvalue weighted by molar-refractivity contribution is -0.140. The van der Waals surface area contributed by atoms with Gasteiger partial charge < -0.3 is 14.7 Å². The highest BCUT2D eigenvalue weighted by Gasteiger charge is 2.46. The van der Waals surface area contributed by atoms with Crippen LogP contribution in [-0.2, 0) is 21.5 Å². The Kier molecular flexibility index (Phi) is 6.77. The van der Waals surface area contributed by atoms with E-state index in [0.29, 0.717) is 11.3 Å². The van der Waals surface area contributed by atoms with Crippen molar-refractivity contribution in [1.29, 1.82) is 0 Å². The zero-order chi connectivity index (χ0) is 26.2. The zero-order valence-electron chi connectivity index (χ0n) is 21.8. The summed E-state index contributed by atoms with van der Waals surface area (Å²) in [6, 6.07) is 20.2. The van der Waals surface area contributed by atoms with E-state index in [-0.39, 0.29) is 23.3 Å². The minimum absolute atomic E-state index is 0.0413. The molecule has 1 aliphatic heterocycles. The first-order valence-corrected chi connectivity index (χ1v) is 12.1. The minimum Gasteiger partial charge on any atom is -0.507 e. The molecule has 0 spiro atoms. The summed E-state index contributed by atoms with van der Waals surface area (Å²) >= 11 is 0. The number of benzene rings is 3. The van der Waals surface area contributed by atoms with E-state index in [9.17, 15) is 14.7 Å². The molecule has 0 radical (unpaired) electrons. The molecular weight excluding hydrogens is 450 g/mol. The molecule has 4 rings (SSSR count). The highest BCUT2D eigenvalue weighted by Crippen LogP contribution is 2.41. The number of hydrogen-bond donors (Lipinski definition) is 1. The van der Waals surface area contributed by atoms with E-state index < -0.39 is 17.7 Å². The number of aliphatic hydroxyl groups excluding tert-OH is 1. The number of Topliss-reactive ketones (excluding diaryl/α,β-unsaturated/α-hetero) is 1. The highest BCUT2D eigenvalue weighted by atomic mass is 16.5. The quantitative estimate of drug-likeness (QED) is 0.265. The Morgan fingerprint density at radius 1 is 0.944 bits per heavy atom. The van der Waals surface area contributed by atoms with Gasteiger partial charge in [-0.15, -0.1) is 0 Å². The topological polar surface area (TPSA) is 66.8 Å². The van der Waals surface area contributed by atoms with Crippen molar-refractivity contribution in [2.75, 3.05) is 7.11 Å². The summed E-state index contributed by atoms with van der Waals surface area (Å²) in [5.41, 5.74) is 5.42. The van der Waals surface area contributed by atoms with E-state index in [1.807, 2.05) is 74.5 Å². The second kappa shape index (κ2) is 9.65. The van der Waals surface area contributed by atoms with Gasteiger partial charge in [0.25, 0.3) is 11.7 Å². The van der Waals surface area contributed by atoms with Gasteiger partial charge in [0, 0.05) is 12.1 Å². The molecule has 5 nitrogen and oxygen atoms in total. The standard InChI is InChI=1S/C31H33NO4/c1-19-10-11-23(16-20(19)2)28(33)26-27(22-12-14-24(15-13-22)31(3,4)5)32(30(35)29(26)34)18-21-8-7-9-25(17-21)36-6/h7-17,27,33H,18H2,1-6H3/b28-26-. The lowest BCUT2D eigenvalue weighted by Crippen LogP contribution is -2.29. The fraction of sp³-hybridized carbons (Fsp3) is 0.290. The van der Waals surface area contributed by atoms with Gasteiger partial charge in [-0.05, 0) is 65.3 Å². The van der Waals surface area contributed by atoms with E-state index in [1.54, 1.807) is 13.2 Å². The Bertz CT molecular complexity index is 1350. The molecule has 186 valence electrons. The van der Waals surface area contributed by atoms with Crippen molar-refractivity contribution in [1.82, 2.24) is 4.90 Å². The number of aryl methyl sites for hydroxylation is 2. The smallest absolute Gasteiger partial charge is 0.295 e. The first-order valence-electron chi connectivity index (χ1n) is 12.1. The molecule has 1 amide bonds. The van der Waals surface area contributed by atoms with Crippen LogP contribution in [0.5, 0.6) is 5.75 Å². The van der Waals surface area contributed by atoms with E-state index in [1.165, 1.54) is 4.90 Å². The Balaban J connectivity index is 1.86. The van der Waals surface area contributed by atoms with Crippen molar-refractivity contribution < 1.29 is 19.4 Å². The van der Waals surface area contributed by atoms with Gasteiger partial charge in [-0.1, -0.05) is 69.3 Å². The number of ketones is 1. The van der Waals surface area contributed by atoms with Gasteiger partial charge in [-0.2, -0.15) is 0 Å². The molecule has 1 fully saturated rings. The number of hydrogen-bond acceptors (Lipinski definition) is 4. The molecule has 5 heteroatoms. The number of aliphatic hydroxyl groups is 1. The molecule has 3 aromatic carbocycles. The summed E-state index contributed by atoms with van der Waals surface area (Å²) in [5.74, 6) is -0.800. The number of amides is 1. The van der Waals surface area contributed by atoms with Crippen LogP contribution in [0, 0.1) is 13.8 Å². The SMILES string of the molecule is COc1cccc(CN2C(=O)C(=O)/C(=C(\O)c3ccc(C)c(C)c3)C2c2ccc(C(C)(C)C)cc2)c1. The molecule has 0 bridgehead atoms. The van der Waals surface area contributed by atoms with Crippen molar-refractivity contribution >= 4 is 17.4 Å². The van der Waals surface area contributed by atoms with Crippen LogP contribution in [0.15, 0.2) is 72.3 Å². The first-order chi connectivity index (χ1) is 17.0. The normalized spacial score (nSPS) is 17.5. The largest absolute Gasteiger partial charge is 0.507 e. The third-order valence-electron chi connectivity index (χ3n) is 6.90. The maximum atomic E-state index is 13.4. The Morgan fingerprint density at radius 3 is 2.25 bits per heavy atom. The third-order valence-corrected chi connectivity index (χ3v) is 6.90. The maximum Gasteiger partial charge on any atom is 0.295 e. The van der Waals surface area contributed by atoms with Crippen LogP contribution in [0.1, 0.15) is 60.2 Å². The number of carbonyl (C=O) groups is 2. The van der Waals surface area contributed by atoms with E-state index in [2.05, 4.69) is 20.8 Å². The van der Waals surface area contributed by atoms with Gasteiger partial charge >= 0.3 is 0 Å². The molecule has 1 saturated heterocycles. The van der Waals surface area contributed by atoms with Crippen molar-refractivity contribution in [3.05, 3.63) is 106 Å². The summed E-state index contributed by atoms with van der Waals surface area (Å²) in [6.45, 7) is 10.6. The average Bonchev–Trinajstić information content (AvgIpc) is 3.10. The molecule has 1 aliphatic rings. The van der Waals surface area contributed by atoms with E-state index >= 15 is 0 Å². The molecule has 0 aromatic heterocycles. The van der Waals surface area contributed by atoms with Crippen molar-refractivity contribution in [2.24, 2.45) is 0 Å². The highest BCUT2D eigenvalue weighted by molar-refractivity contribution is 6.46. The number of ether oxygens (including phenoxy) is 1. The Labute approximate surface area is 213 Å². The number of likely N-dealkylation sites (tertiary alicyclic amines) is 1. The molecule has 1 heterocycles. The van der Waals surface area contributed by atoms with Crippen LogP contribution < -0.4 is 4.74 Å². The predicted octanol–water partition coefficient (Wildman–Crippen LogP) is 6.23. The number of methoxy groups -OCH3 is 1. The Morgan fingerprint density at radius 2 is 1.64 bits per heavy atom. The minimum atomic E-state index is -0.716. The number of nitrogens with zero attached hydrogens (tertiary/aromatic N) is 1. The van der Waals surface area contributed by atoms with Crippen molar-refractivity contribution in [3.63, 3.8) is 0 Å². The van der Waals surface area contributed by atoms with Gasteiger partial charge in [-0.3, -0.25) is 9.59 Å². The van der Waals surface area contributed by atoms with Crippen LogP contribution in [0.25, 0.3) is 5.76 Å². The zero-order valence-corrected chi connectivity index (χ0v) is 21.8. The Hall–Kier alpha value is -3.86. The van der Waals surface area contributed by atoms with E-state index in [4.69, 9.17) is 4.74 Å². The predicted molar refractivity (Wildman–Crippen MR) is 142 cm³/mol. The van der Waals surface area contributed by atoms with Crippen LogP contribution in [0.3, 0.4) is 0 Å². The summed E-state index contributed by atoms with van der Waals surface area (Å²) in [4.78, 5) is 28.3. The van der Waals surface area contributed by atoms with Gasteiger partial charge in [0.15, 0.2) is 0 Å².